The molecule has 0 aliphatic rings. The standard InChI is InChI=1S/C13H14N2O2S/c1-9(12-8-18-10(2)15-12)14-13(16)6-5-11-4-3-7-17-11/h3-9H,1-2H3,(H,14,16)/b6-5+. The van der Waals surface area contributed by atoms with Crippen LogP contribution in [0.3, 0.4) is 0 Å². The van der Waals surface area contributed by atoms with E-state index in [4.69, 9.17) is 4.42 Å². The van der Waals surface area contributed by atoms with E-state index in [-0.39, 0.29) is 11.9 Å². The second-order valence-electron chi connectivity index (χ2n) is 3.87. The van der Waals surface area contributed by atoms with Crippen molar-refractivity contribution < 1.29 is 9.21 Å². The maximum Gasteiger partial charge on any atom is 0.244 e. The van der Waals surface area contributed by atoms with Gasteiger partial charge in [-0.2, -0.15) is 0 Å². The number of carbonyl (C=O) groups is 1. The molecule has 2 aromatic heterocycles. The van der Waals surface area contributed by atoms with Crippen LogP contribution >= 0.6 is 11.3 Å². The van der Waals surface area contributed by atoms with Crippen LogP contribution in [0.5, 0.6) is 0 Å². The predicted octanol–water partition coefficient (Wildman–Crippen LogP) is 2.94. The van der Waals surface area contributed by atoms with Gasteiger partial charge in [0.1, 0.15) is 5.76 Å². The van der Waals surface area contributed by atoms with Gasteiger partial charge >= 0.3 is 0 Å². The number of furan rings is 1. The van der Waals surface area contributed by atoms with Gasteiger partial charge in [0, 0.05) is 11.5 Å². The Bertz CT molecular complexity index is 543. The Morgan fingerprint density at radius 1 is 1.61 bits per heavy atom. The lowest BCUT2D eigenvalue weighted by molar-refractivity contribution is -0.117. The lowest BCUT2D eigenvalue weighted by atomic mass is 10.2. The van der Waals surface area contributed by atoms with E-state index in [0.717, 1.165) is 10.7 Å². The lowest BCUT2D eigenvalue weighted by Gasteiger charge is -2.09. The summed E-state index contributed by atoms with van der Waals surface area (Å²) in [6.07, 6.45) is 4.65. The molecule has 0 bridgehead atoms. The van der Waals surface area contributed by atoms with Gasteiger partial charge < -0.3 is 9.73 Å². The Labute approximate surface area is 109 Å². The number of amides is 1. The van der Waals surface area contributed by atoms with Gasteiger partial charge in [-0.15, -0.1) is 11.3 Å². The summed E-state index contributed by atoms with van der Waals surface area (Å²) in [5, 5.41) is 5.80. The van der Waals surface area contributed by atoms with E-state index in [1.54, 1.807) is 35.8 Å². The fourth-order valence-electron chi connectivity index (χ4n) is 1.46. The molecule has 2 rings (SSSR count). The second-order valence-corrected chi connectivity index (χ2v) is 4.93. The molecule has 0 radical (unpaired) electrons. The molecule has 5 heteroatoms. The first kappa shape index (κ1) is 12.6. The Balaban J connectivity index is 1.91. The van der Waals surface area contributed by atoms with Gasteiger partial charge in [0.15, 0.2) is 0 Å². The molecule has 0 aromatic carbocycles. The lowest BCUT2D eigenvalue weighted by Crippen LogP contribution is -2.24. The topological polar surface area (TPSA) is 55.1 Å². The number of nitrogens with one attached hydrogen (secondary N) is 1. The quantitative estimate of drug-likeness (QED) is 0.862. The van der Waals surface area contributed by atoms with Crippen molar-refractivity contribution in [2.75, 3.05) is 0 Å². The van der Waals surface area contributed by atoms with Gasteiger partial charge in [-0.25, -0.2) is 4.98 Å². The van der Waals surface area contributed by atoms with E-state index in [9.17, 15) is 4.79 Å². The van der Waals surface area contributed by atoms with Crippen LogP contribution in [-0.2, 0) is 4.79 Å². The van der Waals surface area contributed by atoms with Gasteiger partial charge in [-0.3, -0.25) is 4.79 Å². The van der Waals surface area contributed by atoms with Crippen molar-refractivity contribution in [3.63, 3.8) is 0 Å². The van der Waals surface area contributed by atoms with E-state index < -0.39 is 0 Å². The number of aromatic nitrogens is 1. The molecule has 0 aliphatic heterocycles. The molecule has 0 spiro atoms. The molecule has 2 heterocycles. The maximum atomic E-state index is 11.7. The zero-order valence-corrected chi connectivity index (χ0v) is 11.0. The molecule has 0 saturated carbocycles. The Morgan fingerprint density at radius 3 is 3.06 bits per heavy atom. The minimum Gasteiger partial charge on any atom is -0.465 e. The van der Waals surface area contributed by atoms with Crippen molar-refractivity contribution in [2.45, 2.75) is 19.9 Å². The third-order valence-electron chi connectivity index (χ3n) is 2.38. The highest BCUT2D eigenvalue weighted by atomic mass is 32.1. The average Bonchev–Trinajstić information content (AvgIpc) is 2.97. The molecule has 2 aromatic rings. The number of thiazole rings is 1. The van der Waals surface area contributed by atoms with Crippen LogP contribution in [0.4, 0.5) is 0 Å². The smallest absolute Gasteiger partial charge is 0.244 e. The van der Waals surface area contributed by atoms with Crippen molar-refractivity contribution in [1.29, 1.82) is 0 Å². The van der Waals surface area contributed by atoms with Crippen LogP contribution in [-0.4, -0.2) is 10.9 Å². The first-order chi connectivity index (χ1) is 8.65. The van der Waals surface area contributed by atoms with Crippen molar-refractivity contribution >= 4 is 23.3 Å². The number of hydrogen-bond donors (Lipinski definition) is 1. The van der Waals surface area contributed by atoms with Crippen LogP contribution < -0.4 is 5.32 Å². The molecular formula is C13H14N2O2S. The second kappa shape index (κ2) is 5.64. The third kappa shape index (κ3) is 3.30. The van der Waals surface area contributed by atoms with Crippen LogP contribution in [0.1, 0.15) is 29.4 Å². The van der Waals surface area contributed by atoms with Crippen molar-refractivity contribution in [1.82, 2.24) is 10.3 Å². The van der Waals surface area contributed by atoms with Crippen LogP contribution in [0.25, 0.3) is 6.08 Å². The van der Waals surface area contributed by atoms with Crippen molar-refractivity contribution in [2.24, 2.45) is 0 Å². The molecule has 0 saturated heterocycles. The monoisotopic (exact) mass is 262 g/mol. The summed E-state index contributed by atoms with van der Waals surface area (Å²) in [4.78, 5) is 16.0. The van der Waals surface area contributed by atoms with Gasteiger partial charge in [0.05, 0.1) is 23.0 Å². The van der Waals surface area contributed by atoms with E-state index >= 15 is 0 Å². The highest BCUT2D eigenvalue weighted by Gasteiger charge is 2.10. The normalized spacial score (nSPS) is 12.8. The number of nitrogens with zero attached hydrogens (tertiary/aromatic N) is 1. The third-order valence-corrected chi connectivity index (χ3v) is 3.17. The summed E-state index contributed by atoms with van der Waals surface area (Å²) in [5.74, 6) is 0.492. The average molecular weight is 262 g/mol. The van der Waals surface area contributed by atoms with Crippen LogP contribution in [0.2, 0.25) is 0 Å². The summed E-state index contributed by atoms with van der Waals surface area (Å²) >= 11 is 1.58. The van der Waals surface area contributed by atoms with Gasteiger partial charge in [0.25, 0.3) is 0 Å². The molecule has 18 heavy (non-hydrogen) atoms. The summed E-state index contributed by atoms with van der Waals surface area (Å²) in [6, 6.07) is 3.47. The number of rotatable bonds is 4. The van der Waals surface area contributed by atoms with E-state index in [1.165, 1.54) is 6.08 Å². The zero-order valence-electron chi connectivity index (χ0n) is 10.2. The predicted molar refractivity (Wildman–Crippen MR) is 71.2 cm³/mol. The highest BCUT2D eigenvalue weighted by molar-refractivity contribution is 7.09. The van der Waals surface area contributed by atoms with Gasteiger partial charge in [-0.1, -0.05) is 0 Å². The van der Waals surface area contributed by atoms with Crippen molar-refractivity contribution in [3.8, 4) is 0 Å². The van der Waals surface area contributed by atoms with E-state index in [2.05, 4.69) is 10.3 Å². The van der Waals surface area contributed by atoms with Crippen LogP contribution in [0, 0.1) is 6.92 Å². The Hall–Kier alpha value is -1.88. The molecule has 0 fully saturated rings. The Kier molecular flexibility index (Phi) is 3.94. The molecule has 1 amide bonds. The first-order valence-electron chi connectivity index (χ1n) is 5.59. The summed E-state index contributed by atoms with van der Waals surface area (Å²) in [7, 11) is 0. The molecule has 4 nitrogen and oxygen atoms in total. The van der Waals surface area contributed by atoms with Crippen molar-refractivity contribution in [3.05, 3.63) is 46.3 Å². The maximum absolute atomic E-state index is 11.7. The number of aryl methyl sites for hydroxylation is 1. The SMILES string of the molecule is Cc1nc(C(C)NC(=O)/C=C/c2ccco2)cs1. The van der Waals surface area contributed by atoms with E-state index in [1.807, 2.05) is 19.2 Å². The Morgan fingerprint density at radius 2 is 2.44 bits per heavy atom. The van der Waals surface area contributed by atoms with E-state index in [0.29, 0.717) is 5.76 Å². The summed E-state index contributed by atoms with van der Waals surface area (Å²) in [6.45, 7) is 3.85. The van der Waals surface area contributed by atoms with Gasteiger partial charge in [-0.05, 0) is 32.1 Å². The molecule has 1 atom stereocenters. The van der Waals surface area contributed by atoms with Gasteiger partial charge in [0.2, 0.25) is 5.91 Å². The summed E-state index contributed by atoms with van der Waals surface area (Å²) in [5.41, 5.74) is 0.886. The highest BCUT2D eigenvalue weighted by Crippen LogP contribution is 2.15. The fraction of sp³-hybridized carbons (Fsp3) is 0.231. The largest absolute Gasteiger partial charge is 0.465 e. The molecule has 1 N–H and O–H groups in total. The minimum atomic E-state index is -0.162. The minimum absolute atomic E-state index is 0.0938. The number of carbonyl (C=O) groups excluding carboxylic acids is 1. The first-order valence-corrected chi connectivity index (χ1v) is 6.47. The molecule has 0 aliphatic carbocycles. The number of hydrogen-bond acceptors (Lipinski definition) is 4. The zero-order chi connectivity index (χ0) is 13.0. The molecule has 1 unspecified atom stereocenters. The molecular weight excluding hydrogens is 248 g/mol. The fourth-order valence-corrected chi connectivity index (χ4v) is 2.16. The molecule has 94 valence electrons. The van der Waals surface area contributed by atoms with Crippen LogP contribution in [0.15, 0.2) is 34.3 Å². The summed E-state index contributed by atoms with van der Waals surface area (Å²) < 4.78 is 5.10.